The number of carbonyl (C=O) groups excluding carboxylic acids is 2. The van der Waals surface area contributed by atoms with E-state index in [4.69, 9.17) is 9.47 Å². The first-order valence-corrected chi connectivity index (χ1v) is 16.4. The van der Waals surface area contributed by atoms with E-state index < -0.39 is 11.7 Å². The topological polar surface area (TPSA) is 83.5 Å². The Labute approximate surface area is 270 Å². The first kappa shape index (κ1) is 32.0. The zero-order valence-electron chi connectivity index (χ0n) is 27.0. The smallest absolute Gasteiger partial charge is 0.255 e. The highest BCUT2D eigenvalue weighted by Gasteiger charge is 2.31. The van der Waals surface area contributed by atoms with E-state index in [0.29, 0.717) is 28.4 Å². The molecule has 1 N–H and O–H groups in total. The van der Waals surface area contributed by atoms with Crippen molar-refractivity contribution in [1.29, 1.82) is 0 Å². The number of amides is 2. The normalized spacial score (nSPS) is 19.0. The molecule has 0 aliphatic carbocycles. The summed E-state index contributed by atoms with van der Waals surface area (Å²) in [4.78, 5) is 35.8. The third kappa shape index (κ3) is 6.77. The summed E-state index contributed by atoms with van der Waals surface area (Å²) in [5, 5.41) is 3.01. The van der Waals surface area contributed by atoms with Crippen molar-refractivity contribution >= 4 is 23.2 Å². The fraction of sp³-hybridized carbons (Fsp3) is 0.432. The number of benzene rings is 3. The van der Waals surface area contributed by atoms with Crippen molar-refractivity contribution in [2.24, 2.45) is 4.99 Å². The van der Waals surface area contributed by atoms with Crippen LogP contribution in [0, 0.1) is 12.7 Å². The Kier molecular flexibility index (Phi) is 9.92. The van der Waals surface area contributed by atoms with Crippen LogP contribution in [0.3, 0.4) is 0 Å². The van der Waals surface area contributed by atoms with E-state index in [-0.39, 0.29) is 18.4 Å². The van der Waals surface area contributed by atoms with Gasteiger partial charge in [-0.05, 0) is 79.6 Å². The number of ether oxygens (including phenoxy) is 2. The van der Waals surface area contributed by atoms with Gasteiger partial charge in [-0.2, -0.15) is 0 Å². The fourth-order valence-corrected chi connectivity index (χ4v) is 6.97. The number of hydrogen-bond acceptors (Lipinski definition) is 6. The van der Waals surface area contributed by atoms with E-state index in [1.807, 2.05) is 13.0 Å². The summed E-state index contributed by atoms with van der Waals surface area (Å²) >= 11 is 0. The number of anilines is 1. The molecular formula is C37H43FN4O4. The maximum absolute atomic E-state index is 14.7. The van der Waals surface area contributed by atoms with Crippen molar-refractivity contribution < 1.29 is 23.5 Å². The minimum Gasteiger partial charge on any atom is -0.381 e. The average molecular weight is 627 g/mol. The first-order chi connectivity index (χ1) is 22.3. The van der Waals surface area contributed by atoms with Gasteiger partial charge in [0.1, 0.15) is 5.82 Å². The minimum absolute atomic E-state index is 0.0254. The molecule has 3 aliphatic rings. The lowest BCUT2D eigenvalue weighted by Gasteiger charge is -2.37. The van der Waals surface area contributed by atoms with Crippen LogP contribution in [0.15, 0.2) is 59.6 Å². The number of nitrogens with zero attached hydrogens (tertiary/aromatic N) is 3. The Balaban J connectivity index is 1.30. The largest absolute Gasteiger partial charge is 0.381 e. The van der Waals surface area contributed by atoms with Crippen LogP contribution in [0.2, 0.25) is 0 Å². The van der Waals surface area contributed by atoms with E-state index in [2.05, 4.69) is 57.4 Å². The van der Waals surface area contributed by atoms with Crippen molar-refractivity contribution in [3.63, 3.8) is 0 Å². The van der Waals surface area contributed by atoms with E-state index in [1.165, 1.54) is 11.6 Å². The Morgan fingerprint density at radius 3 is 2.43 bits per heavy atom. The number of hydrogen-bond donors (Lipinski definition) is 1. The molecule has 0 aromatic heterocycles. The molecule has 46 heavy (non-hydrogen) atoms. The van der Waals surface area contributed by atoms with E-state index >= 15 is 0 Å². The fourth-order valence-electron chi connectivity index (χ4n) is 6.97. The molecule has 3 aromatic rings. The maximum atomic E-state index is 14.7. The minimum atomic E-state index is -0.755. The summed E-state index contributed by atoms with van der Waals surface area (Å²) in [6, 6.07) is 17.7. The second-order valence-corrected chi connectivity index (χ2v) is 12.4. The molecule has 3 aromatic carbocycles. The molecule has 3 heterocycles. The van der Waals surface area contributed by atoms with Gasteiger partial charge in [0.25, 0.3) is 11.8 Å². The van der Waals surface area contributed by atoms with Crippen LogP contribution in [0.5, 0.6) is 0 Å². The Hall–Kier alpha value is -3.92. The van der Waals surface area contributed by atoms with Crippen LogP contribution in [0.25, 0.3) is 11.1 Å². The van der Waals surface area contributed by atoms with Gasteiger partial charge in [-0.1, -0.05) is 36.4 Å². The number of rotatable bonds is 9. The number of carbonyl (C=O) groups is 2. The van der Waals surface area contributed by atoms with Crippen LogP contribution in [0.4, 0.5) is 10.1 Å². The molecule has 6 rings (SSSR count). The van der Waals surface area contributed by atoms with Gasteiger partial charge in [0.05, 0.1) is 24.8 Å². The average Bonchev–Trinajstić information content (AvgIpc) is 3.07. The number of halogens is 1. The van der Waals surface area contributed by atoms with Gasteiger partial charge in [0, 0.05) is 68.8 Å². The molecule has 0 spiro atoms. The lowest BCUT2D eigenvalue weighted by molar-refractivity contribution is -0.119. The van der Waals surface area contributed by atoms with Crippen LogP contribution >= 0.6 is 0 Å². The Morgan fingerprint density at radius 1 is 1.00 bits per heavy atom. The Morgan fingerprint density at radius 2 is 1.72 bits per heavy atom. The second-order valence-electron chi connectivity index (χ2n) is 12.4. The predicted octanol–water partition coefficient (Wildman–Crippen LogP) is 5.50. The quantitative estimate of drug-likeness (QED) is 0.338. The zero-order valence-corrected chi connectivity index (χ0v) is 27.0. The third-order valence-electron chi connectivity index (χ3n) is 9.53. The van der Waals surface area contributed by atoms with E-state index in [1.54, 1.807) is 19.1 Å². The highest BCUT2D eigenvalue weighted by Crippen LogP contribution is 2.35. The molecule has 8 nitrogen and oxygen atoms in total. The SMILES string of the molecule is CCN(c1cc(-c2ccc(CN3CCOCC3)cc2)cc(C(=O)NCC2C(=O)N=C(C)c3c(F)cccc32)c1C)C1CCOCC1. The van der Waals surface area contributed by atoms with Crippen LogP contribution in [-0.2, 0) is 20.8 Å². The van der Waals surface area contributed by atoms with Crippen molar-refractivity contribution in [2.45, 2.75) is 52.1 Å². The maximum Gasteiger partial charge on any atom is 0.255 e. The summed E-state index contributed by atoms with van der Waals surface area (Å²) in [6.45, 7) is 12.3. The number of fused-ring (bicyclic) bond motifs is 1. The number of nitrogens with one attached hydrogen (secondary N) is 1. The first-order valence-electron chi connectivity index (χ1n) is 16.4. The van der Waals surface area contributed by atoms with Crippen molar-refractivity contribution in [3.05, 3.63) is 88.2 Å². The standard InChI is InChI=1S/C37H43FN4O4/c1-4-42(29-12-16-45-17-13-29)34-21-28(27-10-8-26(9-11-27)23-41-14-18-46-19-15-41)20-31(24(34)2)36(43)39-22-32-30-6-5-7-33(38)35(30)25(3)40-37(32)44/h5-11,20-21,29,32H,4,12-19,22-23H2,1-3H3,(H,39,43). The molecular weight excluding hydrogens is 583 g/mol. The van der Waals surface area contributed by atoms with Crippen LogP contribution < -0.4 is 10.2 Å². The van der Waals surface area contributed by atoms with Gasteiger partial charge in [-0.15, -0.1) is 0 Å². The molecule has 2 saturated heterocycles. The highest BCUT2D eigenvalue weighted by atomic mass is 19.1. The van der Waals surface area contributed by atoms with E-state index in [9.17, 15) is 14.0 Å². The van der Waals surface area contributed by atoms with Gasteiger partial charge in [0.15, 0.2) is 0 Å². The van der Waals surface area contributed by atoms with Gasteiger partial charge >= 0.3 is 0 Å². The molecule has 0 bridgehead atoms. The van der Waals surface area contributed by atoms with E-state index in [0.717, 1.165) is 87.8 Å². The highest BCUT2D eigenvalue weighted by molar-refractivity contribution is 6.11. The predicted molar refractivity (Wildman–Crippen MR) is 178 cm³/mol. The molecule has 242 valence electrons. The monoisotopic (exact) mass is 626 g/mol. The number of aliphatic imine (C=N–C) groups is 1. The lowest BCUT2D eigenvalue weighted by Crippen LogP contribution is -2.40. The Bertz CT molecular complexity index is 1610. The molecule has 1 unspecified atom stereocenters. The molecule has 1 atom stereocenters. The van der Waals surface area contributed by atoms with Gasteiger partial charge < -0.3 is 19.7 Å². The lowest BCUT2D eigenvalue weighted by atomic mass is 9.88. The molecule has 2 fully saturated rings. The second kappa shape index (κ2) is 14.2. The molecule has 0 saturated carbocycles. The van der Waals surface area contributed by atoms with Crippen LogP contribution in [0.1, 0.15) is 65.2 Å². The summed E-state index contributed by atoms with van der Waals surface area (Å²) in [5.74, 6) is -1.82. The molecule has 3 aliphatic heterocycles. The van der Waals surface area contributed by atoms with Crippen molar-refractivity contribution in [2.75, 3.05) is 57.5 Å². The van der Waals surface area contributed by atoms with Crippen molar-refractivity contribution in [3.8, 4) is 11.1 Å². The van der Waals surface area contributed by atoms with Gasteiger partial charge in [-0.3, -0.25) is 14.5 Å². The summed E-state index contributed by atoms with van der Waals surface area (Å²) < 4.78 is 25.8. The van der Waals surface area contributed by atoms with Crippen LogP contribution in [-0.4, -0.2) is 81.1 Å². The van der Waals surface area contributed by atoms with Crippen molar-refractivity contribution in [1.82, 2.24) is 10.2 Å². The van der Waals surface area contributed by atoms with Gasteiger partial charge in [-0.25, -0.2) is 9.38 Å². The molecule has 0 radical (unpaired) electrons. The molecule has 2 amide bonds. The summed E-state index contributed by atoms with van der Waals surface area (Å²) in [7, 11) is 0. The summed E-state index contributed by atoms with van der Waals surface area (Å²) in [6.07, 6.45) is 1.85. The number of morpholine rings is 1. The summed E-state index contributed by atoms with van der Waals surface area (Å²) in [5.41, 5.74) is 6.93. The molecule has 9 heteroatoms. The third-order valence-corrected chi connectivity index (χ3v) is 9.53. The zero-order chi connectivity index (χ0) is 32.2. The van der Waals surface area contributed by atoms with Gasteiger partial charge in [0.2, 0.25) is 0 Å².